The quantitative estimate of drug-likeness (QED) is 0.852. The first kappa shape index (κ1) is 14.4. The zero-order valence-electron chi connectivity index (χ0n) is 12.5. The number of rotatable bonds is 3. The molecule has 5 nitrogen and oxygen atoms in total. The Balaban J connectivity index is 1.91. The van der Waals surface area contributed by atoms with Crippen LogP contribution in [0.15, 0.2) is 30.3 Å². The summed E-state index contributed by atoms with van der Waals surface area (Å²) >= 11 is 0. The fourth-order valence-electron chi connectivity index (χ4n) is 2.68. The highest BCUT2D eigenvalue weighted by Gasteiger charge is 2.24. The number of hydrogen-bond donors (Lipinski definition) is 2. The smallest absolute Gasteiger partial charge is 0.164 e. The number of benzene rings is 2. The molecule has 0 saturated carbocycles. The minimum Gasteiger partial charge on any atom is -0.504 e. The molecule has 1 heterocycles. The summed E-state index contributed by atoms with van der Waals surface area (Å²) in [5, 5.41) is 19.0. The maximum absolute atomic E-state index is 9.63. The van der Waals surface area contributed by atoms with Crippen LogP contribution in [0.3, 0.4) is 0 Å². The van der Waals surface area contributed by atoms with Crippen LogP contribution in [-0.2, 0) is 6.42 Å². The molecule has 0 aromatic heterocycles. The zero-order valence-corrected chi connectivity index (χ0v) is 12.5. The molecule has 2 aromatic rings. The fraction of sp³-hybridized carbons (Fsp3) is 0.294. The van der Waals surface area contributed by atoms with Crippen molar-refractivity contribution in [3.8, 4) is 28.7 Å². The third-order valence-corrected chi connectivity index (χ3v) is 3.88. The highest BCUT2D eigenvalue weighted by Crippen LogP contribution is 2.42. The molecule has 5 heteroatoms. The molecule has 0 saturated heterocycles. The van der Waals surface area contributed by atoms with Crippen molar-refractivity contribution in [3.63, 3.8) is 0 Å². The first-order valence-electron chi connectivity index (χ1n) is 7.05. The summed E-state index contributed by atoms with van der Waals surface area (Å²) in [7, 11) is 3.19. The third-order valence-electron chi connectivity index (χ3n) is 3.88. The van der Waals surface area contributed by atoms with Crippen molar-refractivity contribution in [2.75, 3.05) is 14.2 Å². The van der Waals surface area contributed by atoms with Crippen molar-refractivity contribution in [3.05, 3.63) is 41.5 Å². The van der Waals surface area contributed by atoms with Gasteiger partial charge in [-0.05, 0) is 42.2 Å². The molecule has 1 atom stereocenters. The summed E-state index contributed by atoms with van der Waals surface area (Å²) in [6, 6.07) is 8.51. The second-order valence-corrected chi connectivity index (χ2v) is 5.21. The maximum atomic E-state index is 9.63. The lowest BCUT2D eigenvalue weighted by molar-refractivity contribution is 0.174. The summed E-state index contributed by atoms with van der Waals surface area (Å²) in [6.45, 7) is 0. The predicted octanol–water partition coefficient (Wildman–Crippen LogP) is 3.18. The summed E-state index contributed by atoms with van der Waals surface area (Å²) in [4.78, 5) is 0. The Morgan fingerprint density at radius 2 is 1.73 bits per heavy atom. The average Bonchev–Trinajstić information content (AvgIpc) is 2.55. The molecule has 2 aromatic carbocycles. The van der Waals surface area contributed by atoms with Gasteiger partial charge in [-0.1, -0.05) is 6.07 Å². The first-order chi connectivity index (χ1) is 10.6. The predicted molar refractivity (Wildman–Crippen MR) is 81.0 cm³/mol. The molecule has 1 aliphatic heterocycles. The number of fused-ring (bicyclic) bond motifs is 1. The lowest BCUT2D eigenvalue weighted by Gasteiger charge is -2.27. The number of hydrogen-bond acceptors (Lipinski definition) is 5. The highest BCUT2D eigenvalue weighted by atomic mass is 16.5. The topological polar surface area (TPSA) is 68.2 Å². The van der Waals surface area contributed by atoms with Gasteiger partial charge in [-0.2, -0.15) is 0 Å². The molecule has 0 radical (unpaired) electrons. The number of phenolic OH excluding ortho intramolecular Hbond substituents is 2. The molecule has 22 heavy (non-hydrogen) atoms. The Kier molecular flexibility index (Phi) is 3.71. The lowest BCUT2D eigenvalue weighted by atomic mass is 9.97. The number of aryl methyl sites for hydroxylation is 1. The average molecular weight is 302 g/mol. The molecule has 1 aliphatic rings. The van der Waals surface area contributed by atoms with Gasteiger partial charge < -0.3 is 24.4 Å². The largest absolute Gasteiger partial charge is 0.504 e. The van der Waals surface area contributed by atoms with Gasteiger partial charge in [0.25, 0.3) is 0 Å². The Hall–Kier alpha value is -2.56. The minimum atomic E-state index is -0.169. The Morgan fingerprint density at radius 3 is 2.41 bits per heavy atom. The van der Waals surface area contributed by atoms with Gasteiger partial charge in [0.1, 0.15) is 11.9 Å². The van der Waals surface area contributed by atoms with Crippen LogP contribution in [0.2, 0.25) is 0 Å². The van der Waals surface area contributed by atoms with Crippen molar-refractivity contribution in [1.82, 2.24) is 0 Å². The molecule has 3 rings (SSSR count). The van der Waals surface area contributed by atoms with Crippen LogP contribution in [0, 0.1) is 0 Å². The fourth-order valence-corrected chi connectivity index (χ4v) is 2.68. The molecule has 0 amide bonds. The van der Waals surface area contributed by atoms with Gasteiger partial charge >= 0.3 is 0 Å². The third kappa shape index (κ3) is 2.50. The molecule has 1 unspecified atom stereocenters. The molecular weight excluding hydrogens is 284 g/mol. The van der Waals surface area contributed by atoms with E-state index >= 15 is 0 Å². The van der Waals surface area contributed by atoms with Gasteiger partial charge in [0, 0.05) is 6.07 Å². The number of methoxy groups -OCH3 is 2. The van der Waals surface area contributed by atoms with Crippen LogP contribution >= 0.6 is 0 Å². The van der Waals surface area contributed by atoms with E-state index in [-0.39, 0.29) is 17.6 Å². The Morgan fingerprint density at radius 1 is 1.00 bits per heavy atom. The summed E-state index contributed by atoms with van der Waals surface area (Å²) in [5.74, 6) is 1.79. The van der Waals surface area contributed by atoms with E-state index in [1.807, 2.05) is 12.1 Å². The normalized spacial score (nSPS) is 16.5. The van der Waals surface area contributed by atoms with E-state index in [0.29, 0.717) is 11.5 Å². The van der Waals surface area contributed by atoms with Gasteiger partial charge in [-0.3, -0.25) is 0 Å². The zero-order chi connectivity index (χ0) is 15.7. The van der Waals surface area contributed by atoms with E-state index in [1.54, 1.807) is 20.3 Å². The number of aromatic hydroxyl groups is 2. The van der Waals surface area contributed by atoms with E-state index < -0.39 is 0 Å². The summed E-state index contributed by atoms with van der Waals surface area (Å²) in [6.07, 6.45) is 1.45. The molecule has 116 valence electrons. The molecule has 2 N–H and O–H groups in total. The van der Waals surface area contributed by atoms with Crippen LogP contribution in [0.4, 0.5) is 0 Å². The second kappa shape index (κ2) is 5.67. The molecule has 0 bridgehead atoms. The van der Waals surface area contributed by atoms with Crippen molar-refractivity contribution in [2.45, 2.75) is 18.9 Å². The van der Waals surface area contributed by atoms with Gasteiger partial charge in [0.2, 0.25) is 0 Å². The van der Waals surface area contributed by atoms with Gasteiger partial charge in [0.05, 0.1) is 14.2 Å². The summed E-state index contributed by atoms with van der Waals surface area (Å²) in [5.41, 5.74) is 1.90. The minimum absolute atomic E-state index is 0.133. The van der Waals surface area contributed by atoms with Crippen molar-refractivity contribution in [1.29, 1.82) is 0 Å². The Bertz CT molecular complexity index is 696. The standard InChI is InChI=1S/C17H18O5/c1-20-16-8-11-4-6-14(22-15(11)9-17(16)21-2)10-3-5-12(18)13(19)7-10/h3,5,7-9,14,18-19H,4,6H2,1-2H3. The molecule has 0 spiro atoms. The van der Waals surface area contributed by atoms with Crippen LogP contribution in [0.5, 0.6) is 28.7 Å². The van der Waals surface area contributed by atoms with Crippen molar-refractivity contribution < 1.29 is 24.4 Å². The van der Waals surface area contributed by atoms with E-state index in [2.05, 4.69) is 0 Å². The van der Waals surface area contributed by atoms with Crippen LogP contribution in [0.25, 0.3) is 0 Å². The van der Waals surface area contributed by atoms with Crippen molar-refractivity contribution >= 4 is 0 Å². The van der Waals surface area contributed by atoms with Gasteiger partial charge in [-0.25, -0.2) is 0 Å². The lowest BCUT2D eigenvalue weighted by Crippen LogP contribution is -2.15. The SMILES string of the molecule is COc1cc2c(cc1OC)OC(c1ccc(O)c(O)c1)CC2. The first-order valence-corrected chi connectivity index (χ1v) is 7.05. The molecule has 0 fully saturated rings. The highest BCUT2D eigenvalue weighted by molar-refractivity contribution is 5.52. The molecule has 0 aliphatic carbocycles. The Labute approximate surface area is 128 Å². The molecular formula is C17H18O5. The van der Waals surface area contributed by atoms with E-state index in [4.69, 9.17) is 14.2 Å². The van der Waals surface area contributed by atoms with Crippen LogP contribution in [-0.4, -0.2) is 24.4 Å². The monoisotopic (exact) mass is 302 g/mol. The van der Waals surface area contributed by atoms with Crippen LogP contribution in [0.1, 0.15) is 23.7 Å². The second-order valence-electron chi connectivity index (χ2n) is 5.21. The van der Waals surface area contributed by atoms with Gasteiger partial charge in [0.15, 0.2) is 23.0 Å². The van der Waals surface area contributed by atoms with Crippen LogP contribution < -0.4 is 14.2 Å². The van der Waals surface area contributed by atoms with Gasteiger partial charge in [-0.15, -0.1) is 0 Å². The van der Waals surface area contributed by atoms with E-state index in [0.717, 1.165) is 29.7 Å². The van der Waals surface area contributed by atoms with E-state index in [1.165, 1.54) is 12.1 Å². The summed E-state index contributed by atoms with van der Waals surface area (Å²) < 4.78 is 16.6. The maximum Gasteiger partial charge on any atom is 0.164 e. The number of ether oxygens (including phenoxy) is 3. The van der Waals surface area contributed by atoms with E-state index in [9.17, 15) is 10.2 Å². The van der Waals surface area contributed by atoms with Crippen molar-refractivity contribution in [2.24, 2.45) is 0 Å². The number of phenols is 2.